The van der Waals surface area contributed by atoms with Crippen molar-refractivity contribution in [3.8, 4) is 0 Å². The lowest BCUT2D eigenvalue weighted by atomic mass is 10.1. The standard InChI is InChI=1S/C24H27N3O5/c1-5-32-23(30)17-9-11-18(12-10-17)25-21(28)14-20-22(29)27(24(31)26(20)15(2)3)19-8-6-7-16(4)13-19/h6-13,15,20H,5,14H2,1-4H3,(H,25,28). The van der Waals surface area contributed by atoms with E-state index in [0.717, 1.165) is 10.5 Å². The first-order valence-electron chi connectivity index (χ1n) is 10.5. The Hall–Kier alpha value is -3.68. The van der Waals surface area contributed by atoms with E-state index in [1.165, 1.54) is 4.90 Å². The largest absolute Gasteiger partial charge is 0.462 e. The maximum atomic E-state index is 13.1. The zero-order valence-corrected chi connectivity index (χ0v) is 18.6. The van der Waals surface area contributed by atoms with Gasteiger partial charge in [0.25, 0.3) is 5.91 Å². The Bertz CT molecular complexity index is 1030. The molecule has 0 aliphatic carbocycles. The molecule has 1 saturated heterocycles. The Labute approximate surface area is 187 Å². The normalized spacial score (nSPS) is 16.0. The lowest BCUT2D eigenvalue weighted by molar-refractivity contribution is -0.124. The van der Waals surface area contributed by atoms with Crippen molar-refractivity contribution in [2.45, 2.75) is 46.2 Å². The molecule has 2 aromatic carbocycles. The SMILES string of the molecule is CCOC(=O)c1ccc(NC(=O)CC2C(=O)N(c3cccc(C)c3)C(=O)N2C(C)C)cc1. The number of hydrogen-bond acceptors (Lipinski definition) is 5. The van der Waals surface area contributed by atoms with Crippen LogP contribution in [0.2, 0.25) is 0 Å². The monoisotopic (exact) mass is 437 g/mol. The van der Waals surface area contributed by atoms with Crippen LogP contribution in [0.4, 0.5) is 16.2 Å². The van der Waals surface area contributed by atoms with Crippen molar-refractivity contribution in [2.24, 2.45) is 0 Å². The number of urea groups is 1. The summed E-state index contributed by atoms with van der Waals surface area (Å²) in [6, 6.07) is 11.8. The van der Waals surface area contributed by atoms with Crippen LogP contribution in [0.3, 0.4) is 0 Å². The van der Waals surface area contributed by atoms with E-state index in [-0.39, 0.29) is 19.1 Å². The van der Waals surface area contributed by atoms with E-state index >= 15 is 0 Å². The number of aryl methyl sites for hydroxylation is 1. The Kier molecular flexibility index (Phi) is 6.92. The molecule has 1 fully saturated rings. The number of nitrogens with zero attached hydrogens (tertiary/aromatic N) is 2. The molecule has 0 aromatic heterocycles. The molecule has 0 saturated carbocycles. The summed E-state index contributed by atoms with van der Waals surface area (Å²) in [4.78, 5) is 53.2. The first kappa shape index (κ1) is 23.0. The molecule has 3 rings (SSSR count). The second-order valence-electron chi connectivity index (χ2n) is 7.86. The fraction of sp³-hybridized carbons (Fsp3) is 0.333. The highest BCUT2D eigenvalue weighted by Gasteiger charge is 2.47. The lowest BCUT2D eigenvalue weighted by Crippen LogP contribution is -2.42. The van der Waals surface area contributed by atoms with Gasteiger partial charge in [0.2, 0.25) is 5.91 Å². The molecular weight excluding hydrogens is 410 g/mol. The number of hydrogen-bond donors (Lipinski definition) is 1. The quantitative estimate of drug-likeness (QED) is 0.526. The third kappa shape index (κ3) is 4.80. The molecule has 1 N–H and O–H groups in total. The van der Waals surface area contributed by atoms with Crippen molar-refractivity contribution >= 4 is 35.2 Å². The van der Waals surface area contributed by atoms with Crippen LogP contribution in [0.1, 0.15) is 43.1 Å². The molecule has 2 aromatic rings. The maximum absolute atomic E-state index is 13.1. The average Bonchev–Trinajstić information content (AvgIpc) is 2.98. The topological polar surface area (TPSA) is 96.0 Å². The number of carbonyl (C=O) groups is 4. The van der Waals surface area contributed by atoms with Crippen LogP contribution in [0.15, 0.2) is 48.5 Å². The van der Waals surface area contributed by atoms with E-state index in [1.807, 2.05) is 26.8 Å². The molecular formula is C24H27N3O5. The van der Waals surface area contributed by atoms with Crippen molar-refractivity contribution in [1.29, 1.82) is 0 Å². The van der Waals surface area contributed by atoms with Crippen molar-refractivity contribution in [3.63, 3.8) is 0 Å². The van der Waals surface area contributed by atoms with Gasteiger partial charge in [-0.25, -0.2) is 14.5 Å². The van der Waals surface area contributed by atoms with Gasteiger partial charge in [0.05, 0.1) is 24.3 Å². The number of ether oxygens (including phenoxy) is 1. The molecule has 1 unspecified atom stereocenters. The van der Waals surface area contributed by atoms with Crippen molar-refractivity contribution < 1.29 is 23.9 Å². The molecule has 1 heterocycles. The van der Waals surface area contributed by atoms with Gasteiger partial charge < -0.3 is 15.0 Å². The molecule has 1 aliphatic rings. The summed E-state index contributed by atoms with van der Waals surface area (Å²) in [6.07, 6.45) is -0.176. The Morgan fingerprint density at radius 2 is 1.78 bits per heavy atom. The average molecular weight is 437 g/mol. The fourth-order valence-electron chi connectivity index (χ4n) is 3.67. The van der Waals surface area contributed by atoms with E-state index in [4.69, 9.17) is 4.74 Å². The Morgan fingerprint density at radius 3 is 2.38 bits per heavy atom. The zero-order chi connectivity index (χ0) is 23.4. The molecule has 8 heteroatoms. The van der Waals surface area contributed by atoms with Crippen molar-refractivity contribution in [1.82, 2.24) is 4.90 Å². The van der Waals surface area contributed by atoms with Gasteiger partial charge in [-0.1, -0.05) is 12.1 Å². The van der Waals surface area contributed by atoms with Gasteiger partial charge in [-0.3, -0.25) is 9.59 Å². The molecule has 0 bridgehead atoms. The smallest absolute Gasteiger partial charge is 0.338 e. The van der Waals surface area contributed by atoms with Crippen LogP contribution in [0.25, 0.3) is 0 Å². The summed E-state index contributed by atoms with van der Waals surface area (Å²) in [5.74, 6) is -1.27. The first-order valence-corrected chi connectivity index (χ1v) is 10.5. The zero-order valence-electron chi connectivity index (χ0n) is 18.6. The van der Waals surface area contributed by atoms with Crippen molar-refractivity contribution in [2.75, 3.05) is 16.8 Å². The molecule has 0 spiro atoms. The third-order valence-corrected chi connectivity index (χ3v) is 5.13. The highest BCUT2D eigenvalue weighted by Crippen LogP contribution is 2.29. The molecule has 1 atom stereocenters. The fourth-order valence-corrected chi connectivity index (χ4v) is 3.67. The van der Waals surface area contributed by atoms with Gasteiger partial charge in [0, 0.05) is 11.7 Å². The number of amides is 4. The first-order chi connectivity index (χ1) is 15.2. The highest BCUT2D eigenvalue weighted by molar-refractivity contribution is 6.22. The van der Waals surface area contributed by atoms with Crippen LogP contribution in [-0.2, 0) is 14.3 Å². The second-order valence-corrected chi connectivity index (χ2v) is 7.86. The lowest BCUT2D eigenvalue weighted by Gasteiger charge is -2.25. The number of rotatable bonds is 7. The number of imide groups is 1. The predicted octanol–water partition coefficient (Wildman–Crippen LogP) is 3.75. The van der Waals surface area contributed by atoms with Crippen LogP contribution in [-0.4, -0.2) is 47.4 Å². The minimum Gasteiger partial charge on any atom is -0.462 e. The predicted molar refractivity (Wildman–Crippen MR) is 120 cm³/mol. The molecule has 32 heavy (non-hydrogen) atoms. The second kappa shape index (κ2) is 9.64. The summed E-state index contributed by atoms with van der Waals surface area (Å²) in [7, 11) is 0. The van der Waals surface area contributed by atoms with E-state index in [0.29, 0.717) is 16.9 Å². The molecule has 4 amide bonds. The summed E-state index contributed by atoms with van der Waals surface area (Å²) < 4.78 is 4.94. The minimum absolute atomic E-state index is 0.176. The number of carbonyl (C=O) groups excluding carboxylic acids is 4. The van der Waals surface area contributed by atoms with Gasteiger partial charge in [-0.15, -0.1) is 0 Å². The molecule has 168 valence electrons. The summed E-state index contributed by atoms with van der Waals surface area (Å²) in [5.41, 5.74) is 2.27. The molecule has 0 radical (unpaired) electrons. The van der Waals surface area contributed by atoms with Crippen LogP contribution >= 0.6 is 0 Å². The Morgan fingerprint density at radius 1 is 1.09 bits per heavy atom. The van der Waals surface area contributed by atoms with Crippen LogP contribution in [0, 0.1) is 6.92 Å². The highest BCUT2D eigenvalue weighted by atomic mass is 16.5. The van der Waals surface area contributed by atoms with E-state index in [9.17, 15) is 19.2 Å². The number of nitrogens with one attached hydrogen (secondary N) is 1. The summed E-state index contributed by atoms with van der Waals surface area (Å²) in [6.45, 7) is 7.50. The van der Waals surface area contributed by atoms with Crippen LogP contribution < -0.4 is 10.2 Å². The van der Waals surface area contributed by atoms with Gasteiger partial charge in [0.1, 0.15) is 6.04 Å². The molecule has 8 nitrogen and oxygen atoms in total. The van der Waals surface area contributed by atoms with Crippen LogP contribution in [0.5, 0.6) is 0 Å². The Balaban J connectivity index is 1.74. The minimum atomic E-state index is -0.901. The summed E-state index contributed by atoms with van der Waals surface area (Å²) >= 11 is 0. The van der Waals surface area contributed by atoms with Gasteiger partial charge in [-0.2, -0.15) is 0 Å². The van der Waals surface area contributed by atoms with E-state index in [2.05, 4.69) is 5.32 Å². The van der Waals surface area contributed by atoms with E-state index < -0.39 is 29.9 Å². The van der Waals surface area contributed by atoms with Crippen molar-refractivity contribution in [3.05, 3.63) is 59.7 Å². The summed E-state index contributed by atoms with van der Waals surface area (Å²) in [5, 5.41) is 2.73. The van der Waals surface area contributed by atoms with Gasteiger partial charge in [0.15, 0.2) is 0 Å². The van der Waals surface area contributed by atoms with E-state index in [1.54, 1.807) is 49.4 Å². The maximum Gasteiger partial charge on any atom is 0.338 e. The number of benzene rings is 2. The molecule has 1 aliphatic heterocycles. The van der Waals surface area contributed by atoms with Gasteiger partial charge >= 0.3 is 12.0 Å². The third-order valence-electron chi connectivity index (χ3n) is 5.13. The number of anilines is 2. The van der Waals surface area contributed by atoms with Gasteiger partial charge in [-0.05, 0) is 69.7 Å². The number of esters is 1.